The van der Waals surface area contributed by atoms with E-state index in [1.165, 1.54) is 36.4 Å². The van der Waals surface area contributed by atoms with Crippen LogP contribution in [0.1, 0.15) is 11.1 Å². The number of halogens is 3. The highest BCUT2D eigenvalue weighted by atomic mass is 35.5. The van der Waals surface area contributed by atoms with E-state index in [4.69, 9.17) is 22.1 Å². The van der Waals surface area contributed by atoms with Crippen molar-refractivity contribution in [2.24, 2.45) is 5.73 Å². The third-order valence-corrected chi connectivity index (χ3v) is 2.89. The zero-order valence-electron chi connectivity index (χ0n) is 11.0. The Kier molecular flexibility index (Phi) is 5.15. The molecule has 0 aliphatic carbocycles. The summed E-state index contributed by atoms with van der Waals surface area (Å²) in [7, 11) is 0. The second-order valence-electron chi connectivity index (χ2n) is 4.17. The minimum atomic E-state index is -0.463. The molecule has 0 aliphatic heterocycles. The molecule has 0 radical (unpaired) electrons. The SMILES string of the molecule is NCC#Cc1ccc(F)cc1OCc1cc(Cl)ccc1F. The van der Waals surface area contributed by atoms with Gasteiger partial charge in [-0.1, -0.05) is 23.4 Å². The van der Waals surface area contributed by atoms with E-state index in [1.807, 2.05) is 0 Å². The lowest BCUT2D eigenvalue weighted by Gasteiger charge is -2.09. The van der Waals surface area contributed by atoms with E-state index < -0.39 is 11.6 Å². The Morgan fingerprint density at radius 3 is 2.71 bits per heavy atom. The van der Waals surface area contributed by atoms with Crippen molar-refractivity contribution in [3.8, 4) is 17.6 Å². The molecule has 108 valence electrons. The summed E-state index contributed by atoms with van der Waals surface area (Å²) in [6, 6.07) is 8.11. The zero-order chi connectivity index (χ0) is 15.2. The Hall–Kier alpha value is -2.09. The van der Waals surface area contributed by atoms with E-state index in [0.717, 1.165) is 0 Å². The monoisotopic (exact) mass is 307 g/mol. The average molecular weight is 308 g/mol. The summed E-state index contributed by atoms with van der Waals surface area (Å²) in [5, 5.41) is 0.400. The minimum Gasteiger partial charge on any atom is -0.487 e. The third-order valence-electron chi connectivity index (χ3n) is 2.66. The van der Waals surface area contributed by atoms with Gasteiger partial charge in [-0.3, -0.25) is 0 Å². The Morgan fingerprint density at radius 1 is 1.14 bits per heavy atom. The van der Waals surface area contributed by atoms with Crippen LogP contribution in [-0.4, -0.2) is 6.54 Å². The maximum Gasteiger partial charge on any atom is 0.138 e. The molecule has 0 aliphatic rings. The Morgan fingerprint density at radius 2 is 1.95 bits per heavy atom. The van der Waals surface area contributed by atoms with Crippen LogP contribution in [0.15, 0.2) is 36.4 Å². The van der Waals surface area contributed by atoms with Crippen molar-refractivity contribution < 1.29 is 13.5 Å². The Bertz CT molecular complexity index is 707. The first-order valence-corrected chi connectivity index (χ1v) is 6.53. The minimum absolute atomic E-state index is 0.0762. The van der Waals surface area contributed by atoms with E-state index in [-0.39, 0.29) is 24.5 Å². The van der Waals surface area contributed by atoms with Gasteiger partial charge in [0.15, 0.2) is 0 Å². The van der Waals surface area contributed by atoms with Crippen LogP contribution in [0.25, 0.3) is 0 Å². The summed E-state index contributed by atoms with van der Waals surface area (Å²) in [5.41, 5.74) is 6.08. The van der Waals surface area contributed by atoms with Gasteiger partial charge in [0.1, 0.15) is 24.0 Å². The van der Waals surface area contributed by atoms with E-state index in [2.05, 4.69) is 11.8 Å². The predicted molar refractivity (Wildman–Crippen MR) is 78.1 cm³/mol. The van der Waals surface area contributed by atoms with Crippen LogP contribution >= 0.6 is 11.6 Å². The molecule has 2 aromatic rings. The molecule has 0 heterocycles. The number of rotatable bonds is 3. The number of hydrogen-bond acceptors (Lipinski definition) is 2. The molecular weight excluding hydrogens is 296 g/mol. The van der Waals surface area contributed by atoms with E-state index in [9.17, 15) is 8.78 Å². The summed E-state index contributed by atoms with van der Waals surface area (Å²) in [6.07, 6.45) is 0. The van der Waals surface area contributed by atoms with Gasteiger partial charge in [-0.15, -0.1) is 0 Å². The molecule has 0 saturated heterocycles. The lowest BCUT2D eigenvalue weighted by atomic mass is 10.2. The third kappa shape index (κ3) is 4.19. The van der Waals surface area contributed by atoms with Crippen LogP contribution in [-0.2, 0) is 6.61 Å². The standard InChI is InChI=1S/C16H12ClF2NO/c17-13-4-6-15(19)12(8-13)10-21-16-9-14(18)5-3-11(16)2-1-7-20/h3-6,8-9H,7,10,20H2. The van der Waals surface area contributed by atoms with Crippen molar-refractivity contribution in [2.75, 3.05) is 6.54 Å². The topological polar surface area (TPSA) is 35.2 Å². The fraction of sp³-hybridized carbons (Fsp3) is 0.125. The van der Waals surface area contributed by atoms with Crippen molar-refractivity contribution in [3.63, 3.8) is 0 Å². The zero-order valence-corrected chi connectivity index (χ0v) is 11.8. The fourth-order valence-corrected chi connectivity index (χ4v) is 1.87. The molecule has 2 rings (SSSR count). The molecule has 0 spiro atoms. The van der Waals surface area contributed by atoms with Gasteiger partial charge in [0.25, 0.3) is 0 Å². The van der Waals surface area contributed by atoms with Crippen LogP contribution in [0.3, 0.4) is 0 Å². The first-order chi connectivity index (χ1) is 10.1. The van der Waals surface area contributed by atoms with E-state index in [0.29, 0.717) is 10.6 Å². The first kappa shape index (κ1) is 15.3. The van der Waals surface area contributed by atoms with Crippen molar-refractivity contribution >= 4 is 11.6 Å². The molecule has 0 aromatic heterocycles. The van der Waals surface area contributed by atoms with Gasteiger partial charge in [-0.05, 0) is 30.3 Å². The van der Waals surface area contributed by atoms with Crippen LogP contribution in [0.5, 0.6) is 5.75 Å². The van der Waals surface area contributed by atoms with Crippen molar-refractivity contribution in [2.45, 2.75) is 6.61 Å². The van der Waals surface area contributed by atoms with Gasteiger partial charge in [0.2, 0.25) is 0 Å². The number of hydrogen-bond donors (Lipinski definition) is 1. The summed E-state index contributed by atoms with van der Waals surface area (Å²) < 4.78 is 32.3. The largest absolute Gasteiger partial charge is 0.487 e. The van der Waals surface area contributed by atoms with Gasteiger partial charge in [-0.2, -0.15) is 0 Å². The maximum atomic E-state index is 13.6. The van der Waals surface area contributed by atoms with Crippen LogP contribution in [0.4, 0.5) is 8.78 Å². The van der Waals surface area contributed by atoms with Crippen LogP contribution in [0.2, 0.25) is 5.02 Å². The van der Waals surface area contributed by atoms with Gasteiger partial charge in [0.05, 0.1) is 12.1 Å². The second-order valence-corrected chi connectivity index (χ2v) is 4.61. The van der Waals surface area contributed by atoms with Crippen LogP contribution in [0, 0.1) is 23.5 Å². The quantitative estimate of drug-likeness (QED) is 0.881. The molecule has 2 N–H and O–H groups in total. The molecular formula is C16H12ClF2NO. The molecule has 0 saturated carbocycles. The lowest BCUT2D eigenvalue weighted by Crippen LogP contribution is -2.01. The van der Waals surface area contributed by atoms with Crippen molar-refractivity contribution in [1.29, 1.82) is 0 Å². The van der Waals surface area contributed by atoms with Crippen LogP contribution < -0.4 is 10.5 Å². The highest BCUT2D eigenvalue weighted by molar-refractivity contribution is 6.30. The Balaban J connectivity index is 2.23. The molecule has 5 heteroatoms. The summed E-state index contributed by atoms with van der Waals surface area (Å²) in [4.78, 5) is 0. The number of benzene rings is 2. The summed E-state index contributed by atoms with van der Waals surface area (Å²) >= 11 is 5.81. The van der Waals surface area contributed by atoms with E-state index in [1.54, 1.807) is 0 Å². The average Bonchev–Trinajstić information content (AvgIpc) is 2.47. The van der Waals surface area contributed by atoms with Gasteiger partial charge < -0.3 is 10.5 Å². The molecule has 0 unspecified atom stereocenters. The molecule has 0 amide bonds. The molecule has 0 fully saturated rings. The molecule has 0 atom stereocenters. The lowest BCUT2D eigenvalue weighted by molar-refractivity contribution is 0.297. The molecule has 2 nitrogen and oxygen atoms in total. The predicted octanol–water partition coefficient (Wildman–Crippen LogP) is 3.51. The van der Waals surface area contributed by atoms with Gasteiger partial charge in [-0.25, -0.2) is 8.78 Å². The van der Waals surface area contributed by atoms with E-state index >= 15 is 0 Å². The number of nitrogens with two attached hydrogens (primary N) is 1. The van der Waals surface area contributed by atoms with Gasteiger partial charge >= 0.3 is 0 Å². The Labute approximate surface area is 126 Å². The smallest absolute Gasteiger partial charge is 0.138 e. The summed E-state index contributed by atoms with van der Waals surface area (Å²) in [6.45, 7) is 0.104. The first-order valence-electron chi connectivity index (χ1n) is 6.15. The highest BCUT2D eigenvalue weighted by Gasteiger charge is 2.07. The molecule has 0 bridgehead atoms. The van der Waals surface area contributed by atoms with Crippen molar-refractivity contribution in [1.82, 2.24) is 0 Å². The fourth-order valence-electron chi connectivity index (χ4n) is 1.67. The normalized spacial score (nSPS) is 9.90. The molecule has 2 aromatic carbocycles. The number of ether oxygens (including phenoxy) is 1. The second kappa shape index (κ2) is 7.07. The van der Waals surface area contributed by atoms with Crippen molar-refractivity contribution in [3.05, 3.63) is 64.2 Å². The molecule has 21 heavy (non-hydrogen) atoms. The van der Waals surface area contributed by atoms with Gasteiger partial charge in [0, 0.05) is 16.7 Å². The summed E-state index contributed by atoms with van der Waals surface area (Å²) in [5.74, 6) is 4.77. The highest BCUT2D eigenvalue weighted by Crippen LogP contribution is 2.22. The maximum absolute atomic E-state index is 13.6.